The molecule has 80 valence electrons. The highest BCUT2D eigenvalue weighted by atomic mass is 32.2. The number of fused-ring (bicyclic) bond motifs is 1. The van der Waals surface area contributed by atoms with E-state index in [0.29, 0.717) is 0 Å². The van der Waals surface area contributed by atoms with Crippen molar-refractivity contribution in [1.82, 2.24) is 10.2 Å². The van der Waals surface area contributed by atoms with Crippen LogP contribution in [0.4, 0.5) is 0 Å². The van der Waals surface area contributed by atoms with Gasteiger partial charge >= 0.3 is 0 Å². The number of thioether (sulfide) groups is 1. The molecule has 3 saturated heterocycles. The summed E-state index contributed by atoms with van der Waals surface area (Å²) in [6.45, 7) is 3.91. The lowest BCUT2D eigenvalue weighted by atomic mass is 10.0. The maximum absolute atomic E-state index is 3.54. The van der Waals surface area contributed by atoms with Crippen LogP contribution in [-0.2, 0) is 0 Å². The lowest BCUT2D eigenvalue weighted by Crippen LogP contribution is -2.44. The zero-order chi connectivity index (χ0) is 9.38. The molecule has 0 radical (unpaired) electrons. The van der Waals surface area contributed by atoms with Crippen LogP contribution in [0.5, 0.6) is 0 Å². The second-order valence-electron chi connectivity index (χ2n) is 4.88. The van der Waals surface area contributed by atoms with Gasteiger partial charge in [0.25, 0.3) is 0 Å². The van der Waals surface area contributed by atoms with Gasteiger partial charge in [0.1, 0.15) is 0 Å². The first-order valence-corrected chi connectivity index (χ1v) is 7.15. The van der Waals surface area contributed by atoms with Gasteiger partial charge in [0.2, 0.25) is 0 Å². The van der Waals surface area contributed by atoms with Gasteiger partial charge in [-0.3, -0.25) is 4.90 Å². The second kappa shape index (κ2) is 4.03. The summed E-state index contributed by atoms with van der Waals surface area (Å²) in [6, 6.07) is 1.79. The molecule has 1 unspecified atom stereocenters. The van der Waals surface area contributed by atoms with E-state index < -0.39 is 0 Å². The van der Waals surface area contributed by atoms with Crippen LogP contribution in [0.25, 0.3) is 0 Å². The van der Waals surface area contributed by atoms with Gasteiger partial charge in [-0.05, 0) is 44.0 Å². The Kier molecular flexibility index (Phi) is 2.73. The Hall–Kier alpha value is 0.270. The van der Waals surface area contributed by atoms with Gasteiger partial charge in [0, 0.05) is 24.4 Å². The molecule has 0 saturated carbocycles. The molecule has 3 aliphatic rings. The molecular weight excluding hydrogens is 192 g/mol. The first-order valence-electron chi connectivity index (χ1n) is 5.99. The molecule has 0 bridgehead atoms. The average molecular weight is 212 g/mol. The van der Waals surface area contributed by atoms with Crippen molar-refractivity contribution < 1.29 is 0 Å². The molecule has 0 aliphatic carbocycles. The molecule has 3 atom stereocenters. The Morgan fingerprint density at radius 1 is 1.21 bits per heavy atom. The van der Waals surface area contributed by atoms with E-state index in [9.17, 15) is 0 Å². The number of nitrogens with one attached hydrogen (secondary N) is 1. The lowest BCUT2D eigenvalue weighted by molar-refractivity contribution is 0.182. The standard InChI is InChI=1S/C11H20N2S/c1-2-10(8-14-5-1)13-4-3-9-6-12-7-11(9)13/h9-12H,1-8H2/t9-,10?,11+/m0/s1. The van der Waals surface area contributed by atoms with Crippen molar-refractivity contribution >= 4 is 11.8 Å². The maximum Gasteiger partial charge on any atom is 0.0264 e. The van der Waals surface area contributed by atoms with Crippen LogP contribution >= 0.6 is 11.8 Å². The van der Waals surface area contributed by atoms with Crippen LogP contribution in [0, 0.1) is 5.92 Å². The van der Waals surface area contributed by atoms with Crippen molar-refractivity contribution in [3.05, 3.63) is 0 Å². The quantitative estimate of drug-likeness (QED) is 0.702. The Morgan fingerprint density at radius 2 is 2.21 bits per heavy atom. The number of hydrogen-bond acceptors (Lipinski definition) is 3. The van der Waals surface area contributed by atoms with Crippen molar-refractivity contribution in [2.24, 2.45) is 5.92 Å². The van der Waals surface area contributed by atoms with Crippen molar-refractivity contribution in [3.63, 3.8) is 0 Å². The van der Waals surface area contributed by atoms with E-state index in [1.807, 2.05) is 0 Å². The van der Waals surface area contributed by atoms with Crippen LogP contribution in [0.15, 0.2) is 0 Å². The third-order valence-corrected chi connectivity index (χ3v) is 5.29. The number of likely N-dealkylation sites (tertiary alicyclic amines) is 1. The van der Waals surface area contributed by atoms with Gasteiger partial charge in [-0.15, -0.1) is 0 Å². The molecule has 3 aliphatic heterocycles. The number of hydrogen-bond donors (Lipinski definition) is 1. The van der Waals surface area contributed by atoms with E-state index in [0.717, 1.165) is 18.0 Å². The molecule has 14 heavy (non-hydrogen) atoms. The van der Waals surface area contributed by atoms with E-state index >= 15 is 0 Å². The Balaban J connectivity index is 1.66. The van der Waals surface area contributed by atoms with Gasteiger partial charge < -0.3 is 5.32 Å². The van der Waals surface area contributed by atoms with Crippen LogP contribution in [0.1, 0.15) is 19.3 Å². The highest BCUT2D eigenvalue weighted by Gasteiger charge is 2.40. The topological polar surface area (TPSA) is 15.3 Å². The predicted molar refractivity (Wildman–Crippen MR) is 61.8 cm³/mol. The van der Waals surface area contributed by atoms with Crippen molar-refractivity contribution in [2.45, 2.75) is 31.3 Å². The van der Waals surface area contributed by atoms with Crippen molar-refractivity contribution in [1.29, 1.82) is 0 Å². The zero-order valence-corrected chi connectivity index (χ0v) is 9.56. The third kappa shape index (κ3) is 1.59. The van der Waals surface area contributed by atoms with E-state index in [1.54, 1.807) is 0 Å². The first kappa shape index (κ1) is 9.49. The minimum Gasteiger partial charge on any atom is -0.315 e. The minimum atomic E-state index is 0.888. The monoisotopic (exact) mass is 212 g/mol. The molecule has 0 aromatic heterocycles. The molecule has 3 fully saturated rings. The normalized spacial score (nSPS) is 44.1. The molecule has 1 N–H and O–H groups in total. The molecule has 0 aromatic carbocycles. The predicted octanol–water partition coefficient (Wildman–Crippen LogP) is 1.18. The highest BCUT2D eigenvalue weighted by molar-refractivity contribution is 7.99. The van der Waals surface area contributed by atoms with Crippen LogP contribution in [0.2, 0.25) is 0 Å². The largest absolute Gasteiger partial charge is 0.315 e. The maximum atomic E-state index is 3.54. The minimum absolute atomic E-state index is 0.888. The first-order chi connectivity index (χ1) is 6.95. The Bertz CT molecular complexity index is 203. The molecule has 0 spiro atoms. The average Bonchev–Trinajstić information content (AvgIpc) is 2.79. The number of rotatable bonds is 1. The summed E-state index contributed by atoms with van der Waals surface area (Å²) in [5, 5.41) is 3.54. The Labute approximate surface area is 90.8 Å². The van der Waals surface area contributed by atoms with E-state index in [2.05, 4.69) is 22.0 Å². The summed E-state index contributed by atoms with van der Waals surface area (Å²) < 4.78 is 0. The SMILES string of the molecule is C1CSCC(N2CC[C@H]3CNC[C@H]32)C1. The molecule has 3 heteroatoms. The Morgan fingerprint density at radius 3 is 3.07 bits per heavy atom. The zero-order valence-electron chi connectivity index (χ0n) is 8.74. The van der Waals surface area contributed by atoms with Gasteiger partial charge in [0.15, 0.2) is 0 Å². The molecule has 0 amide bonds. The summed E-state index contributed by atoms with van der Waals surface area (Å²) in [6.07, 6.45) is 4.34. The van der Waals surface area contributed by atoms with Gasteiger partial charge in [-0.2, -0.15) is 11.8 Å². The fourth-order valence-corrected chi connectivity index (χ4v) is 4.49. The van der Waals surface area contributed by atoms with Crippen molar-refractivity contribution in [2.75, 3.05) is 31.1 Å². The van der Waals surface area contributed by atoms with E-state index in [1.165, 1.54) is 50.4 Å². The molecule has 3 rings (SSSR count). The van der Waals surface area contributed by atoms with E-state index in [4.69, 9.17) is 0 Å². The summed E-state index contributed by atoms with van der Waals surface area (Å²) in [7, 11) is 0. The molecule has 3 heterocycles. The van der Waals surface area contributed by atoms with Gasteiger partial charge in [-0.25, -0.2) is 0 Å². The van der Waals surface area contributed by atoms with E-state index in [-0.39, 0.29) is 0 Å². The fourth-order valence-electron chi connectivity index (χ4n) is 3.32. The van der Waals surface area contributed by atoms with Crippen molar-refractivity contribution in [3.8, 4) is 0 Å². The lowest BCUT2D eigenvalue weighted by Gasteiger charge is -2.34. The molecular formula is C11H20N2S. The summed E-state index contributed by atoms with van der Waals surface area (Å²) in [4.78, 5) is 2.82. The highest BCUT2D eigenvalue weighted by Crippen LogP contribution is 2.32. The smallest absolute Gasteiger partial charge is 0.0264 e. The summed E-state index contributed by atoms with van der Waals surface area (Å²) >= 11 is 2.16. The van der Waals surface area contributed by atoms with Crippen LogP contribution < -0.4 is 5.32 Å². The van der Waals surface area contributed by atoms with Gasteiger partial charge in [0.05, 0.1) is 0 Å². The molecule has 2 nitrogen and oxygen atoms in total. The molecule has 0 aromatic rings. The summed E-state index contributed by atoms with van der Waals surface area (Å²) in [5.74, 6) is 3.77. The number of nitrogens with zero attached hydrogens (tertiary/aromatic N) is 1. The second-order valence-corrected chi connectivity index (χ2v) is 6.03. The van der Waals surface area contributed by atoms with Gasteiger partial charge in [-0.1, -0.05) is 0 Å². The van der Waals surface area contributed by atoms with Crippen LogP contribution in [0.3, 0.4) is 0 Å². The third-order valence-electron chi connectivity index (χ3n) is 4.09. The summed E-state index contributed by atoms with van der Waals surface area (Å²) in [5.41, 5.74) is 0. The fraction of sp³-hybridized carbons (Fsp3) is 1.00. The van der Waals surface area contributed by atoms with Crippen LogP contribution in [-0.4, -0.2) is 48.1 Å².